The van der Waals surface area contributed by atoms with Crippen molar-refractivity contribution in [3.63, 3.8) is 0 Å². The highest BCUT2D eigenvalue weighted by Gasteiger charge is 2.37. The minimum Gasteiger partial charge on any atom is -0.490 e. The van der Waals surface area contributed by atoms with Crippen molar-refractivity contribution in [3.05, 3.63) is 29.8 Å². The van der Waals surface area contributed by atoms with Crippen molar-refractivity contribution in [2.75, 3.05) is 33.5 Å². The Balaban J connectivity index is 2.16. The number of Topliss-reactive ketones (excluding diaryl/α,β-unsaturated/α-hetero) is 1. The van der Waals surface area contributed by atoms with Crippen molar-refractivity contribution in [1.29, 1.82) is 0 Å². The van der Waals surface area contributed by atoms with E-state index in [9.17, 15) is 4.79 Å². The molecule has 1 aromatic carbocycles. The van der Waals surface area contributed by atoms with Crippen molar-refractivity contribution in [2.24, 2.45) is 5.73 Å². The second-order valence-corrected chi connectivity index (χ2v) is 4.94. The second-order valence-electron chi connectivity index (χ2n) is 4.94. The number of benzene rings is 1. The van der Waals surface area contributed by atoms with E-state index in [1.165, 1.54) is 0 Å². The summed E-state index contributed by atoms with van der Waals surface area (Å²) >= 11 is 0. The van der Waals surface area contributed by atoms with Gasteiger partial charge in [-0.2, -0.15) is 0 Å². The van der Waals surface area contributed by atoms with Crippen LogP contribution in [0.2, 0.25) is 0 Å². The first-order valence-electron chi connectivity index (χ1n) is 6.79. The zero-order chi connectivity index (χ0) is 14.4. The topological polar surface area (TPSA) is 70.8 Å². The van der Waals surface area contributed by atoms with Gasteiger partial charge in [-0.1, -0.05) is 12.1 Å². The number of ketones is 1. The summed E-state index contributed by atoms with van der Waals surface area (Å²) < 4.78 is 15.8. The number of rotatable bonds is 6. The molecule has 110 valence electrons. The molecule has 1 heterocycles. The number of carbonyl (C=O) groups excluding carboxylic acids is 1. The number of carbonyl (C=O) groups is 1. The summed E-state index contributed by atoms with van der Waals surface area (Å²) in [5.41, 5.74) is 5.94. The SMILES string of the molecule is COCCOc1ccccc1C(=O)C1(N)CCOCC1. The molecule has 0 radical (unpaired) electrons. The minimum atomic E-state index is -0.848. The summed E-state index contributed by atoms with van der Waals surface area (Å²) in [6.07, 6.45) is 1.08. The third-order valence-electron chi connectivity index (χ3n) is 3.51. The number of hydrogen-bond donors (Lipinski definition) is 1. The number of methoxy groups -OCH3 is 1. The molecule has 0 unspecified atom stereocenters. The summed E-state index contributed by atoms with van der Waals surface area (Å²) in [5, 5.41) is 0. The van der Waals surface area contributed by atoms with Crippen LogP contribution in [0, 0.1) is 0 Å². The molecule has 20 heavy (non-hydrogen) atoms. The van der Waals surface area contributed by atoms with Crippen molar-refractivity contribution in [3.8, 4) is 5.75 Å². The van der Waals surface area contributed by atoms with Crippen molar-refractivity contribution in [1.82, 2.24) is 0 Å². The fourth-order valence-electron chi connectivity index (χ4n) is 2.25. The van der Waals surface area contributed by atoms with Gasteiger partial charge in [-0.25, -0.2) is 0 Å². The number of ether oxygens (including phenoxy) is 3. The molecule has 1 fully saturated rings. The molecule has 5 nitrogen and oxygen atoms in total. The zero-order valence-corrected chi connectivity index (χ0v) is 11.8. The maximum Gasteiger partial charge on any atom is 0.186 e. The fraction of sp³-hybridized carbons (Fsp3) is 0.533. The van der Waals surface area contributed by atoms with Crippen LogP contribution >= 0.6 is 0 Å². The Morgan fingerprint density at radius 2 is 2.00 bits per heavy atom. The number of nitrogens with two attached hydrogens (primary N) is 1. The van der Waals surface area contributed by atoms with Crippen LogP contribution in [0.25, 0.3) is 0 Å². The van der Waals surface area contributed by atoms with E-state index in [4.69, 9.17) is 19.9 Å². The van der Waals surface area contributed by atoms with Crippen LogP contribution in [0.1, 0.15) is 23.2 Å². The van der Waals surface area contributed by atoms with Gasteiger partial charge in [0.2, 0.25) is 0 Å². The quantitative estimate of drug-likeness (QED) is 0.629. The zero-order valence-electron chi connectivity index (χ0n) is 11.8. The van der Waals surface area contributed by atoms with Crippen LogP contribution in [0.15, 0.2) is 24.3 Å². The van der Waals surface area contributed by atoms with Crippen molar-refractivity contribution < 1.29 is 19.0 Å². The van der Waals surface area contributed by atoms with E-state index in [0.717, 1.165) is 0 Å². The van der Waals surface area contributed by atoms with E-state index in [1.54, 1.807) is 19.2 Å². The molecule has 0 aromatic heterocycles. The molecule has 0 amide bonds. The minimum absolute atomic E-state index is 0.0752. The van der Waals surface area contributed by atoms with E-state index in [2.05, 4.69) is 0 Å². The molecular formula is C15H21NO4. The Labute approximate surface area is 119 Å². The predicted molar refractivity (Wildman–Crippen MR) is 75.1 cm³/mol. The average molecular weight is 279 g/mol. The van der Waals surface area contributed by atoms with Gasteiger partial charge < -0.3 is 19.9 Å². The number of para-hydroxylation sites is 1. The van der Waals surface area contributed by atoms with Crippen LogP contribution < -0.4 is 10.5 Å². The maximum atomic E-state index is 12.7. The third-order valence-corrected chi connectivity index (χ3v) is 3.51. The van der Waals surface area contributed by atoms with E-state index >= 15 is 0 Å². The first kappa shape index (κ1) is 15.0. The predicted octanol–water partition coefficient (Wildman–Crippen LogP) is 1.40. The van der Waals surface area contributed by atoms with Gasteiger partial charge >= 0.3 is 0 Å². The van der Waals surface area contributed by atoms with Gasteiger partial charge in [0.15, 0.2) is 5.78 Å². The van der Waals surface area contributed by atoms with Crippen LogP contribution in [-0.4, -0.2) is 44.9 Å². The summed E-state index contributed by atoms with van der Waals surface area (Å²) in [6.45, 7) is 1.93. The molecule has 2 N–H and O–H groups in total. The summed E-state index contributed by atoms with van der Waals surface area (Å²) in [7, 11) is 1.61. The van der Waals surface area contributed by atoms with Gasteiger partial charge in [0.1, 0.15) is 12.4 Å². The van der Waals surface area contributed by atoms with Gasteiger partial charge in [-0.05, 0) is 25.0 Å². The lowest BCUT2D eigenvalue weighted by molar-refractivity contribution is 0.0445. The third kappa shape index (κ3) is 3.36. The van der Waals surface area contributed by atoms with Crippen LogP contribution in [0.4, 0.5) is 0 Å². The van der Waals surface area contributed by atoms with Gasteiger partial charge in [0.25, 0.3) is 0 Å². The standard InChI is InChI=1S/C15H21NO4/c1-18-10-11-20-13-5-3-2-4-12(13)14(17)15(16)6-8-19-9-7-15/h2-5H,6-11,16H2,1H3. The molecule has 1 aliphatic rings. The van der Waals surface area contributed by atoms with Gasteiger partial charge in [-0.3, -0.25) is 4.79 Å². The lowest BCUT2D eigenvalue weighted by Gasteiger charge is -2.32. The highest BCUT2D eigenvalue weighted by atomic mass is 16.5. The van der Waals surface area contributed by atoms with Gasteiger partial charge in [0.05, 0.1) is 17.7 Å². The average Bonchev–Trinajstić information content (AvgIpc) is 2.48. The molecule has 5 heteroatoms. The lowest BCUT2D eigenvalue weighted by Crippen LogP contribution is -2.52. The monoisotopic (exact) mass is 279 g/mol. The first-order valence-corrected chi connectivity index (χ1v) is 6.79. The highest BCUT2D eigenvalue weighted by molar-refractivity contribution is 6.05. The Kier molecular flexibility index (Phi) is 5.11. The summed E-state index contributed by atoms with van der Waals surface area (Å²) in [4.78, 5) is 12.7. The van der Waals surface area contributed by atoms with Gasteiger partial charge in [-0.15, -0.1) is 0 Å². The van der Waals surface area contributed by atoms with Crippen LogP contribution in [0.3, 0.4) is 0 Å². The van der Waals surface area contributed by atoms with E-state index in [1.807, 2.05) is 12.1 Å². The van der Waals surface area contributed by atoms with Crippen molar-refractivity contribution in [2.45, 2.75) is 18.4 Å². The number of hydrogen-bond acceptors (Lipinski definition) is 5. The van der Waals surface area contributed by atoms with Crippen molar-refractivity contribution >= 4 is 5.78 Å². The van der Waals surface area contributed by atoms with E-state index < -0.39 is 5.54 Å². The Morgan fingerprint density at radius 1 is 1.30 bits per heavy atom. The van der Waals surface area contributed by atoms with E-state index in [-0.39, 0.29) is 5.78 Å². The molecule has 0 saturated carbocycles. The first-order chi connectivity index (χ1) is 9.67. The molecule has 2 rings (SSSR count). The molecule has 0 spiro atoms. The normalized spacial score (nSPS) is 17.7. The largest absolute Gasteiger partial charge is 0.490 e. The molecule has 1 aliphatic heterocycles. The molecule has 0 atom stereocenters. The highest BCUT2D eigenvalue weighted by Crippen LogP contribution is 2.27. The van der Waals surface area contributed by atoms with Crippen LogP contribution in [0.5, 0.6) is 5.75 Å². The Hall–Kier alpha value is -1.43. The lowest BCUT2D eigenvalue weighted by atomic mass is 9.83. The fourth-order valence-corrected chi connectivity index (χ4v) is 2.25. The molecule has 1 saturated heterocycles. The van der Waals surface area contributed by atoms with E-state index in [0.29, 0.717) is 50.6 Å². The molecule has 0 bridgehead atoms. The summed E-state index contributed by atoms with van der Waals surface area (Å²) in [6, 6.07) is 7.20. The van der Waals surface area contributed by atoms with Crippen LogP contribution in [-0.2, 0) is 9.47 Å². The molecule has 0 aliphatic carbocycles. The molecular weight excluding hydrogens is 258 g/mol. The smallest absolute Gasteiger partial charge is 0.186 e. The summed E-state index contributed by atoms with van der Waals surface area (Å²) in [5.74, 6) is 0.486. The molecule has 1 aromatic rings. The Bertz CT molecular complexity index is 455. The maximum absolute atomic E-state index is 12.7. The Morgan fingerprint density at radius 3 is 2.70 bits per heavy atom. The second kappa shape index (κ2) is 6.83. The van der Waals surface area contributed by atoms with Gasteiger partial charge in [0, 0.05) is 20.3 Å².